The first kappa shape index (κ1) is 22.2. The van der Waals surface area contributed by atoms with Gasteiger partial charge in [0.25, 0.3) is 0 Å². The zero-order valence-electron chi connectivity index (χ0n) is 17.5. The molecule has 4 aromatic rings. The Labute approximate surface area is 199 Å². The van der Waals surface area contributed by atoms with Gasteiger partial charge in [0.2, 0.25) is 0 Å². The van der Waals surface area contributed by atoms with Crippen molar-refractivity contribution >= 4 is 50.2 Å². The average Bonchev–Trinajstić information content (AvgIpc) is 2.78. The van der Waals surface area contributed by atoms with Crippen LogP contribution in [-0.2, 0) is 4.74 Å². The van der Waals surface area contributed by atoms with E-state index in [1.165, 1.54) is 0 Å². The second kappa shape index (κ2) is 9.23. The number of hydrogen-bond donors (Lipinski definition) is 0. The molecule has 0 amide bonds. The summed E-state index contributed by atoms with van der Waals surface area (Å²) in [6.07, 6.45) is 0. The van der Waals surface area contributed by atoms with Crippen LogP contribution in [0.4, 0.5) is 0 Å². The summed E-state index contributed by atoms with van der Waals surface area (Å²) in [5.41, 5.74) is 4.84. The highest BCUT2D eigenvalue weighted by Gasteiger charge is 2.21. The van der Waals surface area contributed by atoms with Gasteiger partial charge in [0, 0.05) is 26.0 Å². The van der Waals surface area contributed by atoms with Crippen LogP contribution < -0.4 is 0 Å². The lowest BCUT2D eigenvalue weighted by Crippen LogP contribution is -2.16. The molecular weight excluding hydrogens is 490 g/mol. The molecule has 3 aromatic carbocycles. The van der Waals surface area contributed by atoms with Crippen molar-refractivity contribution in [2.24, 2.45) is 0 Å². The predicted molar refractivity (Wildman–Crippen MR) is 130 cm³/mol. The molecule has 0 spiro atoms. The number of aromatic nitrogens is 1. The maximum atomic E-state index is 13.2. The van der Waals surface area contributed by atoms with Gasteiger partial charge < -0.3 is 4.74 Å². The van der Waals surface area contributed by atoms with Crippen molar-refractivity contribution < 1.29 is 14.3 Å². The molecule has 0 fully saturated rings. The number of benzene rings is 3. The number of fused-ring (bicyclic) bond motifs is 1. The van der Waals surface area contributed by atoms with Crippen molar-refractivity contribution in [1.29, 1.82) is 0 Å². The second-order valence-electron chi connectivity index (χ2n) is 7.49. The Kier molecular flexibility index (Phi) is 6.40. The van der Waals surface area contributed by atoms with Crippen LogP contribution in [0.3, 0.4) is 0 Å². The van der Waals surface area contributed by atoms with Crippen molar-refractivity contribution in [2.45, 2.75) is 13.8 Å². The number of halogens is 2. The van der Waals surface area contributed by atoms with E-state index in [-0.39, 0.29) is 12.4 Å². The second-order valence-corrected chi connectivity index (χ2v) is 8.85. The van der Waals surface area contributed by atoms with Crippen molar-refractivity contribution in [3.05, 3.63) is 98.5 Å². The van der Waals surface area contributed by atoms with Crippen molar-refractivity contribution in [3.8, 4) is 11.3 Å². The zero-order chi connectivity index (χ0) is 22.8. The molecule has 4 nitrogen and oxygen atoms in total. The predicted octanol–water partition coefficient (Wildman–Crippen LogP) is 6.97. The molecule has 0 aliphatic heterocycles. The monoisotopic (exact) mass is 507 g/mol. The molecule has 4 rings (SSSR count). The minimum Gasteiger partial charge on any atom is -0.454 e. The SMILES string of the molecule is Cc1ccc(-c2nc3ccc(Cl)cc3c(C(=O)OCC(=O)c3ccc(Br)cc3)c2C)cc1. The van der Waals surface area contributed by atoms with Gasteiger partial charge in [0.05, 0.1) is 16.8 Å². The number of carbonyl (C=O) groups excluding carboxylic acids is 2. The lowest BCUT2D eigenvalue weighted by molar-refractivity contribution is 0.0476. The van der Waals surface area contributed by atoms with Gasteiger partial charge >= 0.3 is 5.97 Å². The number of hydrogen-bond acceptors (Lipinski definition) is 4. The molecule has 0 bridgehead atoms. The maximum Gasteiger partial charge on any atom is 0.339 e. The topological polar surface area (TPSA) is 56.3 Å². The number of ketones is 1. The molecule has 6 heteroatoms. The van der Waals surface area contributed by atoms with Crippen LogP contribution in [-0.4, -0.2) is 23.3 Å². The van der Waals surface area contributed by atoms with Crippen molar-refractivity contribution in [1.82, 2.24) is 4.98 Å². The van der Waals surface area contributed by atoms with Crippen LogP contribution in [0.15, 0.2) is 71.2 Å². The first-order valence-electron chi connectivity index (χ1n) is 9.96. The fraction of sp³-hybridized carbons (Fsp3) is 0.115. The van der Waals surface area contributed by atoms with Gasteiger partial charge in [-0.15, -0.1) is 0 Å². The third-order valence-corrected chi connectivity index (χ3v) is 5.98. The third kappa shape index (κ3) is 4.59. The molecule has 0 saturated carbocycles. The minimum absolute atomic E-state index is 0.279. The van der Waals surface area contributed by atoms with Crippen LogP contribution in [0.2, 0.25) is 5.02 Å². The number of rotatable bonds is 5. The molecule has 0 unspecified atom stereocenters. The summed E-state index contributed by atoms with van der Waals surface area (Å²) in [6.45, 7) is 3.48. The zero-order valence-corrected chi connectivity index (χ0v) is 19.8. The van der Waals surface area contributed by atoms with E-state index in [0.717, 1.165) is 15.6 Å². The number of aryl methyl sites for hydroxylation is 1. The lowest BCUT2D eigenvalue weighted by atomic mass is 9.97. The Hall–Kier alpha value is -3.02. The smallest absolute Gasteiger partial charge is 0.339 e. The largest absolute Gasteiger partial charge is 0.454 e. The summed E-state index contributed by atoms with van der Waals surface area (Å²) in [5.74, 6) is -0.866. The molecule has 1 heterocycles. The summed E-state index contributed by atoms with van der Waals surface area (Å²) in [7, 11) is 0. The highest BCUT2D eigenvalue weighted by Crippen LogP contribution is 2.32. The molecule has 32 heavy (non-hydrogen) atoms. The Morgan fingerprint density at radius 1 is 0.969 bits per heavy atom. The van der Waals surface area contributed by atoms with E-state index in [1.807, 2.05) is 38.1 Å². The van der Waals surface area contributed by atoms with Gasteiger partial charge in [-0.05, 0) is 49.7 Å². The summed E-state index contributed by atoms with van der Waals surface area (Å²) in [5, 5.41) is 1.08. The van der Waals surface area contributed by atoms with Crippen LogP contribution in [0.5, 0.6) is 0 Å². The summed E-state index contributed by atoms with van der Waals surface area (Å²) < 4.78 is 6.31. The van der Waals surface area contributed by atoms with E-state index >= 15 is 0 Å². The fourth-order valence-corrected chi connectivity index (χ4v) is 3.95. The number of pyridine rings is 1. The summed E-state index contributed by atoms with van der Waals surface area (Å²) >= 11 is 9.54. The quantitative estimate of drug-likeness (QED) is 0.216. The van der Waals surface area contributed by atoms with Gasteiger partial charge in [0.15, 0.2) is 12.4 Å². The standard InChI is InChI=1S/C26H19BrClNO3/c1-15-3-5-18(6-4-15)25-16(2)24(21-13-20(28)11-12-22(21)29-25)26(31)32-14-23(30)17-7-9-19(27)10-8-17/h3-13H,14H2,1-2H3. The number of esters is 1. The average molecular weight is 509 g/mol. The molecular formula is C26H19BrClNO3. The number of nitrogens with zero attached hydrogens (tertiary/aromatic N) is 1. The highest BCUT2D eigenvalue weighted by molar-refractivity contribution is 9.10. The van der Waals surface area contributed by atoms with Crippen LogP contribution in [0.25, 0.3) is 22.2 Å². The summed E-state index contributed by atoms with van der Waals surface area (Å²) in [4.78, 5) is 30.4. The van der Waals surface area contributed by atoms with Gasteiger partial charge in [-0.25, -0.2) is 9.78 Å². The van der Waals surface area contributed by atoms with Crippen LogP contribution in [0, 0.1) is 13.8 Å². The molecule has 160 valence electrons. The maximum absolute atomic E-state index is 13.2. The Balaban J connectivity index is 1.72. The number of carbonyl (C=O) groups is 2. The van der Waals surface area contributed by atoms with E-state index < -0.39 is 5.97 Å². The van der Waals surface area contributed by atoms with Gasteiger partial charge in [-0.3, -0.25) is 4.79 Å². The van der Waals surface area contributed by atoms with E-state index in [4.69, 9.17) is 21.3 Å². The number of ether oxygens (including phenoxy) is 1. The van der Waals surface area contributed by atoms with Crippen LogP contribution in [0.1, 0.15) is 31.8 Å². The Bertz CT molecular complexity index is 1330. The van der Waals surface area contributed by atoms with Crippen molar-refractivity contribution in [3.63, 3.8) is 0 Å². The third-order valence-electron chi connectivity index (χ3n) is 5.22. The Morgan fingerprint density at radius 2 is 1.66 bits per heavy atom. The first-order chi connectivity index (χ1) is 15.3. The van der Waals surface area contributed by atoms with E-state index in [2.05, 4.69) is 15.9 Å². The van der Waals surface area contributed by atoms with Crippen LogP contribution >= 0.6 is 27.5 Å². The molecule has 0 aliphatic rings. The van der Waals surface area contributed by atoms with Gasteiger partial charge in [0.1, 0.15) is 0 Å². The summed E-state index contributed by atoms with van der Waals surface area (Å²) in [6, 6.07) is 20.0. The van der Waals surface area contributed by atoms with Crippen molar-refractivity contribution in [2.75, 3.05) is 6.61 Å². The molecule has 0 N–H and O–H groups in total. The minimum atomic E-state index is -0.587. The first-order valence-corrected chi connectivity index (χ1v) is 11.1. The van der Waals surface area contributed by atoms with E-state index in [9.17, 15) is 9.59 Å². The molecule has 0 radical (unpaired) electrons. The molecule has 0 aliphatic carbocycles. The normalized spacial score (nSPS) is 10.9. The molecule has 1 aromatic heterocycles. The number of Topliss-reactive ketones (excluding diaryl/α,β-unsaturated/α-hetero) is 1. The molecule has 0 saturated heterocycles. The highest BCUT2D eigenvalue weighted by atomic mass is 79.9. The molecule has 0 atom stereocenters. The van der Waals surface area contributed by atoms with Gasteiger partial charge in [-0.1, -0.05) is 69.5 Å². The van der Waals surface area contributed by atoms with E-state index in [1.54, 1.807) is 42.5 Å². The Morgan fingerprint density at radius 3 is 2.34 bits per heavy atom. The van der Waals surface area contributed by atoms with E-state index in [0.29, 0.717) is 38.3 Å². The van der Waals surface area contributed by atoms with Gasteiger partial charge in [-0.2, -0.15) is 0 Å². The lowest BCUT2D eigenvalue weighted by Gasteiger charge is -2.14. The fourth-order valence-electron chi connectivity index (χ4n) is 3.51.